The van der Waals surface area contributed by atoms with Crippen molar-refractivity contribution in [2.75, 3.05) is 20.8 Å². The van der Waals surface area contributed by atoms with Crippen LogP contribution in [0.1, 0.15) is 19.8 Å². The van der Waals surface area contributed by atoms with E-state index in [9.17, 15) is 4.79 Å². The zero-order valence-electron chi connectivity index (χ0n) is 9.17. The molecule has 2 N–H and O–H groups in total. The Morgan fingerprint density at radius 3 is 2.64 bits per heavy atom. The minimum atomic E-state index is -0.138. The third-order valence-electron chi connectivity index (χ3n) is 2.64. The Morgan fingerprint density at radius 2 is 2.21 bits per heavy atom. The lowest BCUT2D eigenvalue weighted by Gasteiger charge is -2.21. The molecule has 0 aliphatic heterocycles. The van der Waals surface area contributed by atoms with Crippen LogP contribution in [0, 0.1) is 5.92 Å². The first-order valence-electron chi connectivity index (χ1n) is 5.15. The van der Waals surface area contributed by atoms with Crippen molar-refractivity contribution in [2.45, 2.75) is 31.8 Å². The number of hydrogen-bond acceptors (Lipinski definition) is 3. The maximum absolute atomic E-state index is 11.3. The van der Waals surface area contributed by atoms with Gasteiger partial charge in [-0.05, 0) is 25.7 Å². The molecule has 0 heterocycles. The molecule has 0 aromatic carbocycles. The van der Waals surface area contributed by atoms with Gasteiger partial charge < -0.3 is 15.4 Å². The van der Waals surface area contributed by atoms with Gasteiger partial charge in [-0.15, -0.1) is 0 Å². The average Bonchev–Trinajstić information content (AvgIpc) is 2.99. The van der Waals surface area contributed by atoms with E-state index < -0.39 is 0 Å². The van der Waals surface area contributed by atoms with E-state index >= 15 is 0 Å². The Morgan fingerprint density at radius 1 is 1.57 bits per heavy atom. The molecule has 2 atom stereocenters. The van der Waals surface area contributed by atoms with Gasteiger partial charge in [-0.3, -0.25) is 4.79 Å². The van der Waals surface area contributed by atoms with Crippen molar-refractivity contribution in [2.24, 2.45) is 5.92 Å². The number of carbonyl (C=O) groups excluding carboxylic acids is 1. The molecule has 0 spiro atoms. The van der Waals surface area contributed by atoms with Crippen LogP contribution in [0.15, 0.2) is 0 Å². The van der Waals surface area contributed by atoms with Gasteiger partial charge in [0.1, 0.15) is 0 Å². The lowest BCUT2D eigenvalue weighted by atomic mass is 10.1. The van der Waals surface area contributed by atoms with Crippen molar-refractivity contribution in [1.82, 2.24) is 10.6 Å². The molecule has 0 saturated heterocycles. The standard InChI is InChI=1S/C10H20N2O2/c1-7(10(13)11-2)12-9(6-14-3)8-4-5-8/h7-9,12H,4-6H2,1-3H3,(H,11,13)/t7-,9?/m1/s1. The molecule has 1 fully saturated rings. The van der Waals surface area contributed by atoms with Gasteiger partial charge in [0.2, 0.25) is 5.91 Å². The topological polar surface area (TPSA) is 50.4 Å². The van der Waals surface area contributed by atoms with E-state index in [0.29, 0.717) is 18.6 Å². The molecular formula is C10H20N2O2. The molecule has 1 amide bonds. The maximum atomic E-state index is 11.3. The highest BCUT2D eigenvalue weighted by Crippen LogP contribution is 2.32. The van der Waals surface area contributed by atoms with Crippen LogP contribution >= 0.6 is 0 Å². The molecule has 1 aliphatic carbocycles. The summed E-state index contributed by atoms with van der Waals surface area (Å²) in [6, 6.07) is 0.188. The monoisotopic (exact) mass is 200 g/mol. The molecule has 1 rings (SSSR count). The first-order valence-corrected chi connectivity index (χ1v) is 5.15. The highest BCUT2D eigenvalue weighted by Gasteiger charge is 2.32. The highest BCUT2D eigenvalue weighted by molar-refractivity contribution is 5.80. The number of methoxy groups -OCH3 is 1. The van der Waals surface area contributed by atoms with Gasteiger partial charge in [0.15, 0.2) is 0 Å². The summed E-state index contributed by atoms with van der Waals surface area (Å²) in [5, 5.41) is 5.92. The van der Waals surface area contributed by atoms with E-state index in [1.54, 1.807) is 14.2 Å². The van der Waals surface area contributed by atoms with Crippen LogP contribution in [0.25, 0.3) is 0 Å². The van der Waals surface area contributed by atoms with Gasteiger partial charge in [0, 0.05) is 20.2 Å². The van der Waals surface area contributed by atoms with Crippen LogP contribution in [-0.2, 0) is 9.53 Å². The van der Waals surface area contributed by atoms with Gasteiger partial charge in [-0.1, -0.05) is 0 Å². The molecular weight excluding hydrogens is 180 g/mol. The SMILES string of the molecule is CNC(=O)[C@@H](C)NC(COC)C1CC1. The molecule has 0 aromatic heterocycles. The Hall–Kier alpha value is -0.610. The lowest BCUT2D eigenvalue weighted by molar-refractivity contribution is -0.122. The second-order valence-electron chi connectivity index (χ2n) is 3.90. The summed E-state index contributed by atoms with van der Waals surface area (Å²) in [7, 11) is 3.35. The van der Waals surface area contributed by atoms with Crippen LogP contribution in [0.2, 0.25) is 0 Å². The van der Waals surface area contributed by atoms with Crippen molar-refractivity contribution in [3.05, 3.63) is 0 Å². The lowest BCUT2D eigenvalue weighted by Crippen LogP contribution is -2.48. The first-order chi connectivity index (χ1) is 6.69. The van der Waals surface area contributed by atoms with Crippen LogP contribution in [-0.4, -0.2) is 38.8 Å². The van der Waals surface area contributed by atoms with E-state index in [1.807, 2.05) is 6.92 Å². The van der Waals surface area contributed by atoms with Crippen LogP contribution < -0.4 is 10.6 Å². The number of hydrogen-bond donors (Lipinski definition) is 2. The van der Waals surface area contributed by atoms with Gasteiger partial charge in [-0.25, -0.2) is 0 Å². The third-order valence-corrected chi connectivity index (χ3v) is 2.64. The molecule has 1 saturated carbocycles. The van der Waals surface area contributed by atoms with E-state index in [0.717, 1.165) is 0 Å². The Kier molecular flexibility index (Phi) is 4.35. The largest absolute Gasteiger partial charge is 0.383 e. The van der Waals surface area contributed by atoms with Crippen LogP contribution in [0.5, 0.6) is 0 Å². The minimum Gasteiger partial charge on any atom is -0.383 e. The molecule has 0 aromatic rings. The molecule has 1 aliphatic rings. The molecule has 82 valence electrons. The Labute approximate surface area is 85.4 Å². The fourth-order valence-corrected chi connectivity index (χ4v) is 1.61. The predicted molar refractivity (Wildman–Crippen MR) is 55.1 cm³/mol. The van der Waals surface area contributed by atoms with Crippen molar-refractivity contribution < 1.29 is 9.53 Å². The van der Waals surface area contributed by atoms with Gasteiger partial charge in [-0.2, -0.15) is 0 Å². The molecule has 0 radical (unpaired) electrons. The number of amides is 1. The average molecular weight is 200 g/mol. The highest BCUT2D eigenvalue weighted by atomic mass is 16.5. The van der Waals surface area contributed by atoms with Crippen molar-refractivity contribution in [3.63, 3.8) is 0 Å². The Balaban J connectivity index is 2.33. The zero-order chi connectivity index (χ0) is 10.6. The maximum Gasteiger partial charge on any atom is 0.236 e. The fourth-order valence-electron chi connectivity index (χ4n) is 1.61. The van der Waals surface area contributed by atoms with Crippen LogP contribution in [0.3, 0.4) is 0 Å². The predicted octanol–water partition coefficient (Wildman–Crippen LogP) is 0.135. The second kappa shape index (κ2) is 5.32. The minimum absolute atomic E-state index is 0.0340. The molecule has 14 heavy (non-hydrogen) atoms. The number of nitrogens with one attached hydrogen (secondary N) is 2. The summed E-state index contributed by atoms with van der Waals surface area (Å²) >= 11 is 0. The quantitative estimate of drug-likeness (QED) is 0.641. The summed E-state index contributed by atoms with van der Waals surface area (Å²) in [6.07, 6.45) is 2.50. The van der Waals surface area contributed by atoms with Crippen LogP contribution in [0.4, 0.5) is 0 Å². The molecule has 4 heteroatoms. The van der Waals surface area contributed by atoms with Gasteiger partial charge in [0.05, 0.1) is 12.6 Å². The fraction of sp³-hybridized carbons (Fsp3) is 0.900. The summed E-state index contributed by atoms with van der Waals surface area (Å²) in [6.45, 7) is 2.57. The third kappa shape index (κ3) is 3.27. The Bertz CT molecular complexity index is 193. The van der Waals surface area contributed by atoms with E-state index in [1.165, 1.54) is 12.8 Å². The van der Waals surface area contributed by atoms with Gasteiger partial charge in [0.25, 0.3) is 0 Å². The molecule has 1 unspecified atom stereocenters. The van der Waals surface area contributed by atoms with Gasteiger partial charge >= 0.3 is 0 Å². The zero-order valence-corrected chi connectivity index (χ0v) is 9.17. The van der Waals surface area contributed by atoms with Crippen molar-refractivity contribution in [1.29, 1.82) is 0 Å². The smallest absolute Gasteiger partial charge is 0.236 e. The normalized spacial score (nSPS) is 20.2. The van der Waals surface area contributed by atoms with Crippen molar-refractivity contribution >= 4 is 5.91 Å². The summed E-state index contributed by atoms with van der Waals surface area (Å²) < 4.78 is 5.13. The van der Waals surface area contributed by atoms with E-state index in [4.69, 9.17) is 4.74 Å². The number of rotatable bonds is 6. The molecule has 4 nitrogen and oxygen atoms in total. The molecule has 0 bridgehead atoms. The number of likely N-dealkylation sites (N-methyl/N-ethyl adjacent to an activating group) is 1. The number of ether oxygens (including phenoxy) is 1. The second-order valence-corrected chi connectivity index (χ2v) is 3.90. The van der Waals surface area contributed by atoms with E-state index in [-0.39, 0.29) is 11.9 Å². The summed E-state index contributed by atoms with van der Waals surface area (Å²) in [4.78, 5) is 11.3. The van der Waals surface area contributed by atoms with E-state index in [2.05, 4.69) is 10.6 Å². The summed E-state index contributed by atoms with van der Waals surface area (Å²) in [5.74, 6) is 0.730. The van der Waals surface area contributed by atoms with Crippen molar-refractivity contribution in [3.8, 4) is 0 Å². The summed E-state index contributed by atoms with van der Waals surface area (Å²) in [5.41, 5.74) is 0. The number of carbonyl (C=O) groups is 1. The first kappa shape index (κ1) is 11.5.